The summed E-state index contributed by atoms with van der Waals surface area (Å²) in [6.45, 7) is 7.16. The first-order valence-electron chi connectivity index (χ1n) is 5.30. The molecule has 0 unspecified atom stereocenters. The van der Waals surface area contributed by atoms with Crippen LogP contribution in [0.2, 0.25) is 0 Å². The van der Waals surface area contributed by atoms with E-state index in [1.54, 1.807) is 0 Å². The van der Waals surface area contributed by atoms with E-state index in [4.69, 9.17) is 5.11 Å². The number of aliphatic hydroxyl groups is 1. The summed E-state index contributed by atoms with van der Waals surface area (Å²) in [6.07, 6.45) is 0.754. The fourth-order valence-electron chi connectivity index (χ4n) is 1.53. The van der Waals surface area contributed by atoms with Gasteiger partial charge in [0, 0.05) is 25.7 Å². The standard InChI is InChI=1S/C11H21N3O/c1-9-7-10(14(4)13-9)8-12-11(2,3)5-6-15/h7,12,15H,5-6,8H2,1-4H3. The Kier molecular flexibility index (Phi) is 3.88. The molecule has 4 nitrogen and oxygen atoms in total. The van der Waals surface area contributed by atoms with Crippen molar-refractivity contribution in [3.05, 3.63) is 17.5 Å². The van der Waals surface area contributed by atoms with Crippen molar-refractivity contribution in [1.82, 2.24) is 15.1 Å². The number of aryl methyl sites for hydroxylation is 2. The molecule has 0 amide bonds. The Labute approximate surface area is 91.3 Å². The maximum absolute atomic E-state index is 8.90. The van der Waals surface area contributed by atoms with Crippen LogP contribution in [-0.4, -0.2) is 27.0 Å². The summed E-state index contributed by atoms with van der Waals surface area (Å²) in [7, 11) is 1.95. The maximum Gasteiger partial charge on any atom is 0.0597 e. The quantitative estimate of drug-likeness (QED) is 0.763. The molecular formula is C11H21N3O. The molecule has 0 bridgehead atoms. The van der Waals surface area contributed by atoms with Crippen molar-refractivity contribution < 1.29 is 5.11 Å². The van der Waals surface area contributed by atoms with Crippen molar-refractivity contribution in [3.63, 3.8) is 0 Å². The number of nitrogens with one attached hydrogen (secondary N) is 1. The third-order valence-corrected chi connectivity index (χ3v) is 2.58. The molecule has 0 radical (unpaired) electrons. The lowest BCUT2D eigenvalue weighted by Gasteiger charge is -2.25. The van der Waals surface area contributed by atoms with Gasteiger partial charge in [0.05, 0.1) is 11.4 Å². The van der Waals surface area contributed by atoms with Crippen molar-refractivity contribution in [2.75, 3.05) is 6.61 Å². The minimum absolute atomic E-state index is 0.0348. The van der Waals surface area contributed by atoms with E-state index < -0.39 is 0 Å². The van der Waals surface area contributed by atoms with Gasteiger partial charge >= 0.3 is 0 Å². The molecule has 0 aliphatic carbocycles. The van der Waals surface area contributed by atoms with Crippen LogP contribution in [0.1, 0.15) is 31.7 Å². The molecule has 4 heteroatoms. The minimum Gasteiger partial charge on any atom is -0.396 e. The van der Waals surface area contributed by atoms with Crippen molar-refractivity contribution in [1.29, 1.82) is 0 Å². The van der Waals surface area contributed by atoms with Gasteiger partial charge in [-0.1, -0.05) is 0 Å². The summed E-state index contributed by atoms with van der Waals surface area (Å²) in [5, 5.41) is 16.6. The third-order valence-electron chi connectivity index (χ3n) is 2.58. The summed E-state index contributed by atoms with van der Waals surface area (Å²) in [6, 6.07) is 2.07. The zero-order valence-corrected chi connectivity index (χ0v) is 10.0. The molecule has 1 aromatic rings. The van der Waals surface area contributed by atoms with E-state index in [0.717, 1.165) is 18.7 Å². The molecule has 0 atom stereocenters. The second-order valence-electron chi connectivity index (χ2n) is 4.61. The van der Waals surface area contributed by atoms with Gasteiger partial charge in [0.2, 0.25) is 0 Å². The van der Waals surface area contributed by atoms with Crippen LogP contribution in [0.4, 0.5) is 0 Å². The molecule has 1 rings (SSSR count). The molecule has 2 N–H and O–H groups in total. The van der Waals surface area contributed by atoms with Gasteiger partial charge in [-0.25, -0.2) is 0 Å². The average molecular weight is 211 g/mol. The van der Waals surface area contributed by atoms with Gasteiger partial charge in [0.15, 0.2) is 0 Å². The largest absolute Gasteiger partial charge is 0.396 e. The van der Waals surface area contributed by atoms with Gasteiger partial charge in [-0.05, 0) is 33.3 Å². The van der Waals surface area contributed by atoms with E-state index in [-0.39, 0.29) is 12.1 Å². The molecular weight excluding hydrogens is 190 g/mol. The Morgan fingerprint density at radius 1 is 1.53 bits per heavy atom. The number of hydrogen-bond acceptors (Lipinski definition) is 3. The van der Waals surface area contributed by atoms with Crippen molar-refractivity contribution >= 4 is 0 Å². The highest BCUT2D eigenvalue weighted by Crippen LogP contribution is 2.09. The highest BCUT2D eigenvalue weighted by molar-refractivity contribution is 5.08. The lowest BCUT2D eigenvalue weighted by atomic mass is 10.0. The monoisotopic (exact) mass is 211 g/mol. The first-order valence-corrected chi connectivity index (χ1v) is 5.30. The predicted molar refractivity (Wildman–Crippen MR) is 60.6 cm³/mol. The molecule has 86 valence electrons. The van der Waals surface area contributed by atoms with Gasteiger partial charge < -0.3 is 10.4 Å². The van der Waals surface area contributed by atoms with Crippen LogP contribution < -0.4 is 5.32 Å². The zero-order valence-electron chi connectivity index (χ0n) is 10.0. The predicted octanol–water partition coefficient (Wildman–Crippen LogP) is 0.979. The lowest BCUT2D eigenvalue weighted by molar-refractivity contribution is 0.229. The fraction of sp³-hybridized carbons (Fsp3) is 0.727. The molecule has 0 saturated heterocycles. The number of rotatable bonds is 5. The molecule has 1 aromatic heterocycles. The third kappa shape index (κ3) is 3.64. The number of aromatic nitrogens is 2. The molecule has 15 heavy (non-hydrogen) atoms. The molecule has 0 saturated carbocycles. The van der Waals surface area contributed by atoms with Gasteiger partial charge in [-0.3, -0.25) is 4.68 Å². The molecule has 0 fully saturated rings. The topological polar surface area (TPSA) is 50.1 Å². The van der Waals surface area contributed by atoms with Crippen LogP contribution in [0.3, 0.4) is 0 Å². The Balaban J connectivity index is 2.53. The number of nitrogens with zero attached hydrogens (tertiary/aromatic N) is 2. The van der Waals surface area contributed by atoms with Crippen molar-refractivity contribution in [2.24, 2.45) is 7.05 Å². The van der Waals surface area contributed by atoms with Crippen LogP contribution in [0, 0.1) is 6.92 Å². The summed E-state index contributed by atoms with van der Waals surface area (Å²) >= 11 is 0. The summed E-state index contributed by atoms with van der Waals surface area (Å²) < 4.78 is 1.89. The molecule has 0 aliphatic rings. The van der Waals surface area contributed by atoms with E-state index in [0.29, 0.717) is 0 Å². The Morgan fingerprint density at radius 3 is 2.67 bits per heavy atom. The first-order chi connectivity index (χ1) is 6.94. The highest BCUT2D eigenvalue weighted by Gasteiger charge is 2.16. The van der Waals surface area contributed by atoms with E-state index in [1.807, 2.05) is 18.7 Å². The van der Waals surface area contributed by atoms with E-state index in [1.165, 1.54) is 5.69 Å². The number of hydrogen-bond donors (Lipinski definition) is 2. The number of aliphatic hydroxyl groups excluding tert-OH is 1. The average Bonchev–Trinajstić information content (AvgIpc) is 2.42. The molecule has 0 aliphatic heterocycles. The first kappa shape index (κ1) is 12.2. The SMILES string of the molecule is Cc1cc(CNC(C)(C)CCO)n(C)n1. The van der Waals surface area contributed by atoms with Crippen LogP contribution in [0.5, 0.6) is 0 Å². The van der Waals surface area contributed by atoms with E-state index in [2.05, 4.69) is 30.3 Å². The second kappa shape index (κ2) is 4.77. The van der Waals surface area contributed by atoms with Gasteiger partial charge in [0.1, 0.15) is 0 Å². The Morgan fingerprint density at radius 2 is 2.20 bits per heavy atom. The maximum atomic E-state index is 8.90. The van der Waals surface area contributed by atoms with E-state index in [9.17, 15) is 0 Å². The second-order valence-corrected chi connectivity index (χ2v) is 4.61. The summed E-state index contributed by atoms with van der Waals surface area (Å²) in [5.41, 5.74) is 2.17. The van der Waals surface area contributed by atoms with Gasteiger partial charge in [-0.15, -0.1) is 0 Å². The van der Waals surface area contributed by atoms with Crippen LogP contribution >= 0.6 is 0 Å². The van der Waals surface area contributed by atoms with Gasteiger partial charge in [0.25, 0.3) is 0 Å². The molecule has 0 spiro atoms. The van der Waals surface area contributed by atoms with E-state index >= 15 is 0 Å². The fourth-order valence-corrected chi connectivity index (χ4v) is 1.53. The Bertz CT molecular complexity index is 318. The van der Waals surface area contributed by atoms with Crippen LogP contribution in [0.15, 0.2) is 6.07 Å². The summed E-state index contributed by atoms with van der Waals surface area (Å²) in [5.74, 6) is 0. The van der Waals surface area contributed by atoms with Crippen LogP contribution in [0.25, 0.3) is 0 Å². The van der Waals surface area contributed by atoms with Gasteiger partial charge in [-0.2, -0.15) is 5.10 Å². The lowest BCUT2D eigenvalue weighted by Crippen LogP contribution is -2.39. The zero-order chi connectivity index (χ0) is 11.5. The van der Waals surface area contributed by atoms with Crippen molar-refractivity contribution in [2.45, 2.75) is 39.3 Å². The smallest absolute Gasteiger partial charge is 0.0597 e. The van der Waals surface area contributed by atoms with Crippen LogP contribution in [-0.2, 0) is 13.6 Å². The Hall–Kier alpha value is -0.870. The molecule has 1 heterocycles. The summed E-state index contributed by atoms with van der Waals surface area (Å²) in [4.78, 5) is 0. The highest BCUT2D eigenvalue weighted by atomic mass is 16.3. The van der Waals surface area contributed by atoms with Crippen molar-refractivity contribution in [3.8, 4) is 0 Å². The normalized spacial score (nSPS) is 12.1. The molecule has 0 aromatic carbocycles. The minimum atomic E-state index is -0.0348.